The number of hydrogen-bond acceptors (Lipinski definition) is 4. The zero-order chi connectivity index (χ0) is 23.9. The number of anilines is 1. The van der Waals surface area contributed by atoms with Crippen molar-refractivity contribution in [1.29, 1.82) is 0 Å². The molecule has 0 aliphatic carbocycles. The Morgan fingerprint density at radius 2 is 1.80 bits per heavy atom. The summed E-state index contributed by atoms with van der Waals surface area (Å²) < 4.78 is 0. The Morgan fingerprint density at radius 3 is 2.60 bits per heavy atom. The average Bonchev–Trinajstić information content (AvgIpc) is 3.58. The van der Waals surface area contributed by atoms with Gasteiger partial charge in [-0.3, -0.25) is 14.6 Å². The van der Waals surface area contributed by atoms with Gasteiger partial charge in [-0.2, -0.15) is 0 Å². The largest absolute Gasteiger partial charge is 0.358 e. The lowest BCUT2D eigenvalue weighted by atomic mass is 9.94. The van der Waals surface area contributed by atoms with Crippen molar-refractivity contribution >= 4 is 29.2 Å². The number of nitrogens with zero attached hydrogens (tertiary/aromatic N) is 3. The molecule has 0 atom stereocenters. The monoisotopic (exact) mass is 467 g/mol. The summed E-state index contributed by atoms with van der Waals surface area (Å²) in [7, 11) is 0. The molecule has 1 fully saturated rings. The molecule has 7 nitrogen and oxygen atoms in total. The van der Waals surface area contributed by atoms with Crippen molar-refractivity contribution in [2.24, 2.45) is 0 Å². The molecule has 2 amide bonds. The Morgan fingerprint density at radius 1 is 1.00 bits per heavy atom. The third kappa shape index (κ3) is 3.86. The third-order valence-electron chi connectivity index (χ3n) is 7.49. The van der Waals surface area contributed by atoms with E-state index < -0.39 is 0 Å². The number of nitrogens with one attached hydrogen (secondary N) is 2. The maximum absolute atomic E-state index is 13.4. The Balaban J connectivity index is 1.33. The van der Waals surface area contributed by atoms with Crippen LogP contribution in [0.1, 0.15) is 45.7 Å². The minimum Gasteiger partial charge on any atom is -0.358 e. The summed E-state index contributed by atoms with van der Waals surface area (Å²) in [4.78, 5) is 38.4. The van der Waals surface area contributed by atoms with Crippen molar-refractivity contribution in [3.63, 3.8) is 0 Å². The van der Waals surface area contributed by atoms with Crippen LogP contribution >= 0.6 is 0 Å². The first-order chi connectivity index (χ1) is 17.1. The highest BCUT2D eigenvalue weighted by molar-refractivity contribution is 6.36. The average molecular weight is 468 g/mol. The number of aromatic nitrogens is 2. The molecule has 1 aromatic carbocycles. The summed E-state index contributed by atoms with van der Waals surface area (Å²) >= 11 is 0. The number of carbonyl (C=O) groups excluding carboxylic acids is 2. The highest BCUT2D eigenvalue weighted by Crippen LogP contribution is 2.40. The summed E-state index contributed by atoms with van der Waals surface area (Å²) in [5.74, 6) is -0.0374. The molecule has 5 heterocycles. The fourth-order valence-electron chi connectivity index (χ4n) is 5.59. The molecule has 0 radical (unpaired) electrons. The standard InChI is InChI=1S/C28H29N5O2/c1-18-24(30-23-9-14-33(28(35)25(18)23)16-15-32-12-2-3-13-32)17-21-26-20(19-7-10-29-11-8-19)5-4-6-22(26)31-27(21)34/h4-8,10-11,17,30H,2-3,9,12-16H2,1H3,(H,31,34)/b21-17-. The second kappa shape index (κ2) is 8.82. The summed E-state index contributed by atoms with van der Waals surface area (Å²) in [6.45, 7) is 6.69. The number of rotatable bonds is 5. The normalized spacial score (nSPS) is 18.8. The van der Waals surface area contributed by atoms with Crippen LogP contribution in [-0.4, -0.2) is 64.3 Å². The second-order valence-corrected chi connectivity index (χ2v) is 9.58. The van der Waals surface area contributed by atoms with Crippen LogP contribution in [0.15, 0.2) is 42.7 Å². The quantitative estimate of drug-likeness (QED) is 0.557. The fourth-order valence-corrected chi connectivity index (χ4v) is 5.59. The zero-order valence-electron chi connectivity index (χ0n) is 19.9. The molecule has 2 aromatic heterocycles. The molecule has 0 saturated carbocycles. The van der Waals surface area contributed by atoms with E-state index in [9.17, 15) is 9.59 Å². The molecule has 2 N–H and O–H groups in total. The van der Waals surface area contributed by atoms with E-state index in [2.05, 4.69) is 20.2 Å². The number of carbonyl (C=O) groups is 2. The summed E-state index contributed by atoms with van der Waals surface area (Å²) in [6, 6.07) is 9.80. The van der Waals surface area contributed by atoms with Crippen molar-refractivity contribution in [2.45, 2.75) is 26.2 Å². The van der Waals surface area contributed by atoms with Gasteiger partial charge < -0.3 is 20.1 Å². The zero-order valence-corrected chi connectivity index (χ0v) is 19.9. The van der Waals surface area contributed by atoms with Gasteiger partial charge in [0.2, 0.25) is 0 Å². The molecule has 7 heteroatoms. The van der Waals surface area contributed by atoms with Gasteiger partial charge in [0, 0.05) is 61.1 Å². The fraction of sp³-hybridized carbons (Fsp3) is 0.321. The van der Waals surface area contributed by atoms with Gasteiger partial charge in [0.15, 0.2) is 0 Å². The number of aromatic amines is 1. The number of fused-ring (bicyclic) bond motifs is 2. The smallest absolute Gasteiger partial charge is 0.256 e. The molecule has 0 bridgehead atoms. The molecule has 6 rings (SSSR count). The van der Waals surface area contributed by atoms with Crippen LogP contribution in [0.4, 0.5) is 5.69 Å². The minimum absolute atomic E-state index is 0.0950. The van der Waals surface area contributed by atoms with Crippen molar-refractivity contribution in [2.75, 3.05) is 38.0 Å². The lowest BCUT2D eigenvalue weighted by molar-refractivity contribution is -0.110. The number of pyridine rings is 1. The van der Waals surface area contributed by atoms with Crippen LogP contribution in [0.5, 0.6) is 0 Å². The minimum atomic E-state index is -0.132. The maximum atomic E-state index is 13.4. The lowest BCUT2D eigenvalue weighted by Crippen LogP contribution is -2.42. The van der Waals surface area contributed by atoms with Crippen molar-refractivity contribution < 1.29 is 9.59 Å². The SMILES string of the molecule is Cc1c(/C=C2\C(=O)Nc3cccc(-c4ccncc4)c32)[nH]c2c1C(=O)N(CCN1CCCC1)CC2. The van der Waals surface area contributed by atoms with Gasteiger partial charge in [-0.15, -0.1) is 0 Å². The summed E-state index contributed by atoms with van der Waals surface area (Å²) in [6.07, 6.45) is 8.73. The molecule has 3 aliphatic heterocycles. The van der Waals surface area contributed by atoms with E-state index >= 15 is 0 Å². The first kappa shape index (κ1) is 21.8. The van der Waals surface area contributed by atoms with E-state index in [1.807, 2.05) is 48.2 Å². The predicted molar refractivity (Wildman–Crippen MR) is 137 cm³/mol. The van der Waals surface area contributed by atoms with Crippen molar-refractivity contribution in [1.82, 2.24) is 19.8 Å². The number of H-pyrrole nitrogens is 1. The van der Waals surface area contributed by atoms with Gasteiger partial charge in [-0.25, -0.2) is 0 Å². The number of amides is 2. The molecule has 178 valence electrons. The topological polar surface area (TPSA) is 81.3 Å². The van der Waals surface area contributed by atoms with Crippen LogP contribution in [0.3, 0.4) is 0 Å². The molecule has 0 spiro atoms. The number of likely N-dealkylation sites (tertiary alicyclic amines) is 1. The highest BCUT2D eigenvalue weighted by atomic mass is 16.2. The van der Waals surface area contributed by atoms with Crippen molar-refractivity contribution in [3.05, 3.63) is 70.8 Å². The summed E-state index contributed by atoms with van der Waals surface area (Å²) in [5.41, 5.74) is 7.75. The molecule has 3 aromatic rings. The van der Waals surface area contributed by atoms with Gasteiger partial charge in [0.25, 0.3) is 11.8 Å². The van der Waals surface area contributed by atoms with Crippen LogP contribution in [-0.2, 0) is 11.2 Å². The van der Waals surface area contributed by atoms with Crippen LogP contribution in [0.2, 0.25) is 0 Å². The Labute approximate surface area is 204 Å². The van der Waals surface area contributed by atoms with E-state index in [0.29, 0.717) is 5.57 Å². The predicted octanol–water partition coefficient (Wildman–Crippen LogP) is 3.97. The van der Waals surface area contributed by atoms with E-state index in [1.54, 1.807) is 12.4 Å². The molecule has 0 unspecified atom stereocenters. The van der Waals surface area contributed by atoms with Crippen molar-refractivity contribution in [3.8, 4) is 11.1 Å². The van der Waals surface area contributed by atoms with Crippen LogP contribution < -0.4 is 5.32 Å². The molecule has 35 heavy (non-hydrogen) atoms. The van der Waals surface area contributed by atoms with Gasteiger partial charge in [0.1, 0.15) is 0 Å². The molecular weight excluding hydrogens is 438 g/mol. The van der Waals surface area contributed by atoms with E-state index in [4.69, 9.17) is 0 Å². The first-order valence-corrected chi connectivity index (χ1v) is 12.4. The van der Waals surface area contributed by atoms with Gasteiger partial charge in [-0.1, -0.05) is 12.1 Å². The van der Waals surface area contributed by atoms with E-state index in [1.165, 1.54) is 12.8 Å². The second-order valence-electron chi connectivity index (χ2n) is 9.58. The van der Waals surface area contributed by atoms with Crippen LogP contribution in [0, 0.1) is 6.92 Å². The van der Waals surface area contributed by atoms with Gasteiger partial charge in [0.05, 0.1) is 11.1 Å². The lowest BCUT2D eigenvalue weighted by Gasteiger charge is -2.29. The highest BCUT2D eigenvalue weighted by Gasteiger charge is 2.31. The Hall–Kier alpha value is -3.71. The van der Waals surface area contributed by atoms with E-state index in [0.717, 1.165) is 84.0 Å². The first-order valence-electron chi connectivity index (χ1n) is 12.4. The molecule has 3 aliphatic rings. The van der Waals surface area contributed by atoms with Crippen LogP contribution in [0.25, 0.3) is 22.8 Å². The van der Waals surface area contributed by atoms with E-state index in [-0.39, 0.29) is 11.8 Å². The number of hydrogen-bond donors (Lipinski definition) is 2. The Bertz CT molecular complexity index is 1330. The number of benzene rings is 1. The van der Waals surface area contributed by atoms with Gasteiger partial charge in [-0.05, 0) is 73.8 Å². The molecular formula is C28H29N5O2. The summed E-state index contributed by atoms with van der Waals surface area (Å²) in [5, 5.41) is 3.00. The Kier molecular flexibility index (Phi) is 5.49. The third-order valence-corrected chi connectivity index (χ3v) is 7.49. The molecule has 1 saturated heterocycles. The maximum Gasteiger partial charge on any atom is 0.256 e. The van der Waals surface area contributed by atoms with Gasteiger partial charge >= 0.3 is 0 Å².